The largest absolute Gasteiger partial charge is 0.333 e. The molecule has 1 aromatic carbocycles. The highest BCUT2D eigenvalue weighted by molar-refractivity contribution is 5.96. The van der Waals surface area contributed by atoms with Crippen molar-refractivity contribution in [3.8, 4) is 5.69 Å². The fourth-order valence-corrected chi connectivity index (χ4v) is 2.87. The molecule has 0 radical (unpaired) electrons. The highest BCUT2D eigenvalue weighted by Crippen LogP contribution is 2.19. The Hall–Kier alpha value is -2.21. The first-order valence-corrected chi connectivity index (χ1v) is 7.58. The molecule has 116 valence electrons. The van der Waals surface area contributed by atoms with Gasteiger partial charge in [0.05, 0.1) is 5.69 Å². The molecule has 1 saturated heterocycles. The van der Waals surface area contributed by atoms with Gasteiger partial charge in [-0.15, -0.1) is 0 Å². The molecule has 2 aromatic rings. The lowest BCUT2D eigenvalue weighted by atomic mass is 10.0. The van der Waals surface area contributed by atoms with Gasteiger partial charge in [0.2, 0.25) is 0 Å². The van der Waals surface area contributed by atoms with E-state index in [4.69, 9.17) is 0 Å². The molecular weight excluding hydrogens is 278 g/mol. The van der Waals surface area contributed by atoms with E-state index in [2.05, 4.69) is 29.2 Å². The zero-order valence-electron chi connectivity index (χ0n) is 13.2. The number of aromatic nitrogens is 3. The average Bonchev–Trinajstić information content (AvgIpc) is 3.03. The summed E-state index contributed by atoms with van der Waals surface area (Å²) in [5, 5.41) is 7.51. The summed E-state index contributed by atoms with van der Waals surface area (Å²) < 4.78 is 1.69. The van der Waals surface area contributed by atoms with E-state index >= 15 is 0 Å². The van der Waals surface area contributed by atoms with E-state index in [1.807, 2.05) is 30.0 Å². The van der Waals surface area contributed by atoms with Crippen LogP contribution in [0.4, 0.5) is 0 Å². The predicted molar refractivity (Wildman–Crippen MR) is 84.1 cm³/mol. The third-order valence-electron chi connectivity index (χ3n) is 4.42. The van der Waals surface area contributed by atoms with E-state index in [9.17, 15) is 4.79 Å². The van der Waals surface area contributed by atoms with Crippen LogP contribution >= 0.6 is 0 Å². The Morgan fingerprint density at radius 1 is 1.36 bits per heavy atom. The Balaban J connectivity index is 1.87. The number of hydrogen-bond acceptors (Lipinski definition) is 4. The van der Waals surface area contributed by atoms with Gasteiger partial charge in [-0.3, -0.25) is 4.79 Å². The fraction of sp³-hybridized carbons (Fsp3) is 0.438. The quantitative estimate of drug-likeness (QED) is 0.910. The third kappa shape index (κ3) is 2.62. The first-order chi connectivity index (χ1) is 10.6. The van der Waals surface area contributed by atoms with Gasteiger partial charge in [-0.1, -0.05) is 0 Å². The summed E-state index contributed by atoms with van der Waals surface area (Å²) >= 11 is 0. The SMILES string of the molecule is Cc1cc(-n2cncn2)ccc1C(=O)N1CCNC(C)C1C. The molecule has 2 heterocycles. The minimum atomic E-state index is 0.100. The van der Waals surface area contributed by atoms with Gasteiger partial charge < -0.3 is 10.2 Å². The summed E-state index contributed by atoms with van der Waals surface area (Å²) in [6.45, 7) is 7.75. The highest BCUT2D eigenvalue weighted by Gasteiger charge is 2.29. The highest BCUT2D eigenvalue weighted by atomic mass is 16.2. The van der Waals surface area contributed by atoms with Crippen molar-refractivity contribution in [2.45, 2.75) is 32.9 Å². The van der Waals surface area contributed by atoms with Crippen molar-refractivity contribution >= 4 is 5.91 Å². The summed E-state index contributed by atoms with van der Waals surface area (Å²) in [5.41, 5.74) is 2.62. The van der Waals surface area contributed by atoms with Crippen LogP contribution in [0.1, 0.15) is 29.8 Å². The fourth-order valence-electron chi connectivity index (χ4n) is 2.87. The smallest absolute Gasteiger partial charge is 0.254 e. The molecule has 3 rings (SSSR count). The van der Waals surface area contributed by atoms with Crippen LogP contribution in [0.15, 0.2) is 30.9 Å². The van der Waals surface area contributed by atoms with Crippen LogP contribution in [0.25, 0.3) is 5.69 Å². The zero-order valence-corrected chi connectivity index (χ0v) is 13.2. The van der Waals surface area contributed by atoms with Crippen LogP contribution in [-0.2, 0) is 0 Å². The van der Waals surface area contributed by atoms with Gasteiger partial charge in [-0.2, -0.15) is 5.10 Å². The first-order valence-electron chi connectivity index (χ1n) is 7.58. The second kappa shape index (κ2) is 5.88. The molecule has 2 atom stereocenters. The van der Waals surface area contributed by atoms with Crippen molar-refractivity contribution in [1.82, 2.24) is 25.0 Å². The standard InChI is InChI=1S/C16H21N5O/c1-11-8-14(21-10-17-9-19-21)4-5-15(11)16(22)20-7-6-18-12(2)13(20)3/h4-5,8-10,12-13,18H,6-7H2,1-3H3. The number of nitrogens with zero attached hydrogens (tertiary/aromatic N) is 4. The number of piperazine rings is 1. The maximum atomic E-state index is 12.8. The van der Waals surface area contributed by atoms with Crippen molar-refractivity contribution in [2.75, 3.05) is 13.1 Å². The number of amides is 1. The van der Waals surface area contributed by atoms with Crippen molar-refractivity contribution in [3.63, 3.8) is 0 Å². The Bertz CT molecular complexity index is 667. The molecular formula is C16H21N5O. The maximum absolute atomic E-state index is 12.8. The van der Waals surface area contributed by atoms with Crippen molar-refractivity contribution in [1.29, 1.82) is 0 Å². The lowest BCUT2D eigenvalue weighted by molar-refractivity contribution is 0.0602. The van der Waals surface area contributed by atoms with Crippen LogP contribution < -0.4 is 5.32 Å². The van der Waals surface area contributed by atoms with Crippen molar-refractivity contribution in [2.24, 2.45) is 0 Å². The Kier molecular flexibility index (Phi) is 3.94. The molecule has 0 aliphatic carbocycles. The van der Waals surface area contributed by atoms with Crippen LogP contribution in [0, 0.1) is 6.92 Å². The minimum absolute atomic E-state index is 0.100. The third-order valence-corrected chi connectivity index (χ3v) is 4.42. The molecule has 1 aliphatic heterocycles. The Morgan fingerprint density at radius 3 is 2.86 bits per heavy atom. The summed E-state index contributed by atoms with van der Waals surface area (Å²) in [6.07, 6.45) is 3.15. The van der Waals surface area contributed by atoms with E-state index < -0.39 is 0 Å². The van der Waals surface area contributed by atoms with E-state index in [0.29, 0.717) is 6.04 Å². The summed E-state index contributed by atoms with van der Waals surface area (Å²) in [5.74, 6) is 0.100. The van der Waals surface area contributed by atoms with Gasteiger partial charge in [-0.05, 0) is 44.5 Å². The molecule has 1 aliphatic rings. The summed E-state index contributed by atoms with van der Waals surface area (Å²) in [7, 11) is 0. The lowest BCUT2D eigenvalue weighted by Gasteiger charge is -2.38. The minimum Gasteiger partial charge on any atom is -0.333 e. The van der Waals surface area contributed by atoms with E-state index in [1.54, 1.807) is 11.0 Å². The normalized spacial score (nSPS) is 21.9. The molecule has 1 N–H and O–H groups in total. The van der Waals surface area contributed by atoms with E-state index in [1.165, 1.54) is 6.33 Å². The number of nitrogens with one attached hydrogen (secondary N) is 1. The van der Waals surface area contributed by atoms with Gasteiger partial charge in [-0.25, -0.2) is 9.67 Å². The molecule has 6 nitrogen and oxygen atoms in total. The average molecular weight is 299 g/mol. The Labute approximate surface area is 130 Å². The molecule has 0 spiro atoms. The van der Waals surface area contributed by atoms with Gasteiger partial charge in [0.1, 0.15) is 12.7 Å². The number of hydrogen-bond donors (Lipinski definition) is 1. The number of benzene rings is 1. The first kappa shape index (κ1) is 14.7. The van der Waals surface area contributed by atoms with Crippen LogP contribution in [0.5, 0.6) is 0 Å². The second-order valence-corrected chi connectivity index (χ2v) is 5.82. The molecule has 2 unspecified atom stereocenters. The molecule has 6 heteroatoms. The molecule has 0 bridgehead atoms. The second-order valence-electron chi connectivity index (χ2n) is 5.82. The van der Waals surface area contributed by atoms with Crippen LogP contribution in [0.2, 0.25) is 0 Å². The topological polar surface area (TPSA) is 63.1 Å². The number of carbonyl (C=O) groups excluding carboxylic acids is 1. The van der Waals surface area contributed by atoms with Crippen LogP contribution in [-0.4, -0.2) is 50.7 Å². The number of carbonyl (C=O) groups is 1. The van der Waals surface area contributed by atoms with E-state index in [-0.39, 0.29) is 11.9 Å². The van der Waals surface area contributed by atoms with Gasteiger partial charge in [0.15, 0.2) is 0 Å². The lowest BCUT2D eigenvalue weighted by Crippen LogP contribution is -2.57. The van der Waals surface area contributed by atoms with Crippen molar-refractivity contribution in [3.05, 3.63) is 42.0 Å². The predicted octanol–water partition coefficient (Wildman–Crippen LogP) is 1.40. The molecule has 1 amide bonds. The Morgan fingerprint density at radius 2 is 2.18 bits per heavy atom. The zero-order chi connectivity index (χ0) is 15.7. The molecule has 22 heavy (non-hydrogen) atoms. The van der Waals surface area contributed by atoms with Gasteiger partial charge in [0, 0.05) is 30.7 Å². The number of aryl methyl sites for hydroxylation is 1. The molecule has 1 fully saturated rings. The van der Waals surface area contributed by atoms with Gasteiger partial charge in [0.25, 0.3) is 5.91 Å². The molecule has 0 saturated carbocycles. The van der Waals surface area contributed by atoms with Gasteiger partial charge >= 0.3 is 0 Å². The monoisotopic (exact) mass is 299 g/mol. The van der Waals surface area contributed by atoms with E-state index in [0.717, 1.165) is 29.9 Å². The number of rotatable bonds is 2. The summed E-state index contributed by atoms with van der Waals surface area (Å²) in [6, 6.07) is 6.26. The maximum Gasteiger partial charge on any atom is 0.254 e. The summed E-state index contributed by atoms with van der Waals surface area (Å²) in [4.78, 5) is 18.7. The van der Waals surface area contributed by atoms with Crippen LogP contribution in [0.3, 0.4) is 0 Å². The molecule has 1 aromatic heterocycles. The van der Waals surface area contributed by atoms with Crippen molar-refractivity contribution < 1.29 is 4.79 Å².